The van der Waals surface area contributed by atoms with Crippen LogP contribution in [0.5, 0.6) is 0 Å². The predicted molar refractivity (Wildman–Crippen MR) is 96.9 cm³/mol. The molecule has 25 heavy (non-hydrogen) atoms. The highest BCUT2D eigenvalue weighted by molar-refractivity contribution is 7.85. The standard InChI is InChI=1S/C18H22N2O4S/c1-2-20(12-11-18(21)19-16-8-4-3-5-9-16)14-15-7-6-10-17(13-15)25(22,23)24/h3-10,13H,2,11-12,14H2,1H3,(H,19,21)(H,22,23,24). The smallest absolute Gasteiger partial charge is 0.294 e. The molecule has 0 fully saturated rings. The van der Waals surface area contributed by atoms with Crippen LogP contribution in [0.25, 0.3) is 0 Å². The summed E-state index contributed by atoms with van der Waals surface area (Å²) in [6, 6.07) is 15.4. The zero-order valence-corrected chi connectivity index (χ0v) is 14.9. The van der Waals surface area contributed by atoms with E-state index in [1.165, 1.54) is 12.1 Å². The Bertz CT molecular complexity index is 807. The molecule has 2 aromatic rings. The normalized spacial score (nSPS) is 11.5. The summed E-state index contributed by atoms with van der Waals surface area (Å²) in [6.07, 6.45) is 0.334. The first-order chi connectivity index (χ1) is 11.9. The van der Waals surface area contributed by atoms with Crippen molar-refractivity contribution in [2.75, 3.05) is 18.4 Å². The summed E-state index contributed by atoms with van der Waals surface area (Å²) in [6.45, 7) is 3.74. The number of para-hydroxylation sites is 1. The highest BCUT2D eigenvalue weighted by atomic mass is 32.2. The number of hydrogen-bond donors (Lipinski definition) is 2. The molecule has 2 N–H and O–H groups in total. The van der Waals surface area contributed by atoms with Gasteiger partial charge in [0.25, 0.3) is 10.1 Å². The molecule has 0 saturated heterocycles. The first kappa shape index (κ1) is 19.1. The summed E-state index contributed by atoms with van der Waals surface area (Å²) in [5, 5.41) is 2.84. The summed E-state index contributed by atoms with van der Waals surface area (Å²) in [7, 11) is -4.21. The van der Waals surface area contributed by atoms with Gasteiger partial charge in [-0.2, -0.15) is 8.42 Å². The van der Waals surface area contributed by atoms with Gasteiger partial charge in [-0.3, -0.25) is 14.2 Å². The number of carbonyl (C=O) groups excluding carboxylic acids is 1. The maximum Gasteiger partial charge on any atom is 0.294 e. The minimum atomic E-state index is -4.21. The van der Waals surface area contributed by atoms with Crippen LogP contribution in [0.2, 0.25) is 0 Å². The molecule has 0 aliphatic heterocycles. The molecule has 6 nitrogen and oxygen atoms in total. The Labute approximate surface area is 148 Å². The van der Waals surface area contributed by atoms with E-state index < -0.39 is 10.1 Å². The fourth-order valence-corrected chi connectivity index (χ4v) is 2.97. The Morgan fingerprint density at radius 2 is 1.84 bits per heavy atom. The van der Waals surface area contributed by atoms with Gasteiger partial charge in [0.05, 0.1) is 4.90 Å². The third-order valence-electron chi connectivity index (χ3n) is 3.76. The number of carbonyl (C=O) groups is 1. The molecular weight excluding hydrogens is 340 g/mol. The van der Waals surface area contributed by atoms with Crippen molar-refractivity contribution < 1.29 is 17.8 Å². The van der Waals surface area contributed by atoms with Crippen LogP contribution in [-0.4, -0.2) is 36.9 Å². The maximum atomic E-state index is 12.0. The third kappa shape index (κ3) is 6.30. The van der Waals surface area contributed by atoms with E-state index in [1.54, 1.807) is 12.1 Å². The summed E-state index contributed by atoms with van der Waals surface area (Å²) >= 11 is 0. The van der Waals surface area contributed by atoms with E-state index in [-0.39, 0.29) is 10.8 Å². The van der Waals surface area contributed by atoms with Crippen LogP contribution in [-0.2, 0) is 21.5 Å². The van der Waals surface area contributed by atoms with E-state index in [0.29, 0.717) is 26.1 Å². The molecule has 134 valence electrons. The predicted octanol–water partition coefficient (Wildman–Crippen LogP) is 2.78. The molecule has 2 aromatic carbocycles. The second-order valence-corrected chi connectivity index (χ2v) is 7.08. The number of nitrogens with zero attached hydrogens (tertiary/aromatic N) is 1. The average Bonchev–Trinajstić information content (AvgIpc) is 2.59. The van der Waals surface area contributed by atoms with Crippen molar-refractivity contribution in [2.45, 2.75) is 24.8 Å². The van der Waals surface area contributed by atoms with Gasteiger partial charge >= 0.3 is 0 Å². The summed E-state index contributed by atoms with van der Waals surface area (Å²) in [5.41, 5.74) is 1.52. The second kappa shape index (κ2) is 8.75. The van der Waals surface area contributed by atoms with Gasteiger partial charge in [-0.05, 0) is 36.4 Å². The molecule has 0 bridgehead atoms. The molecule has 0 saturated carbocycles. The first-order valence-electron chi connectivity index (χ1n) is 8.02. The second-order valence-electron chi connectivity index (χ2n) is 5.66. The minimum Gasteiger partial charge on any atom is -0.326 e. The molecule has 7 heteroatoms. The van der Waals surface area contributed by atoms with Gasteiger partial charge in [0.2, 0.25) is 5.91 Å². The van der Waals surface area contributed by atoms with E-state index in [4.69, 9.17) is 4.55 Å². The molecule has 0 heterocycles. The van der Waals surface area contributed by atoms with Crippen molar-refractivity contribution in [3.63, 3.8) is 0 Å². The molecule has 0 unspecified atom stereocenters. The fourth-order valence-electron chi connectivity index (χ4n) is 2.42. The Balaban J connectivity index is 1.91. The van der Waals surface area contributed by atoms with Crippen LogP contribution in [0.4, 0.5) is 5.69 Å². The van der Waals surface area contributed by atoms with E-state index in [2.05, 4.69) is 5.32 Å². The van der Waals surface area contributed by atoms with Crippen molar-refractivity contribution in [3.05, 3.63) is 60.2 Å². The number of amides is 1. The van der Waals surface area contributed by atoms with Crippen molar-refractivity contribution in [3.8, 4) is 0 Å². The molecule has 0 aliphatic carbocycles. The average molecular weight is 362 g/mol. The van der Waals surface area contributed by atoms with E-state index in [9.17, 15) is 13.2 Å². The highest BCUT2D eigenvalue weighted by Gasteiger charge is 2.12. The lowest BCUT2D eigenvalue weighted by Gasteiger charge is -2.20. The Hall–Kier alpha value is -2.22. The van der Waals surface area contributed by atoms with Crippen LogP contribution in [0, 0.1) is 0 Å². The maximum absolute atomic E-state index is 12.0. The fraction of sp³-hybridized carbons (Fsp3) is 0.278. The zero-order chi connectivity index (χ0) is 18.3. The zero-order valence-electron chi connectivity index (χ0n) is 14.1. The number of hydrogen-bond acceptors (Lipinski definition) is 4. The van der Waals surface area contributed by atoms with Crippen molar-refractivity contribution >= 4 is 21.7 Å². The van der Waals surface area contributed by atoms with Crippen molar-refractivity contribution in [2.24, 2.45) is 0 Å². The van der Waals surface area contributed by atoms with Gasteiger partial charge < -0.3 is 5.32 Å². The first-order valence-corrected chi connectivity index (χ1v) is 9.46. The quantitative estimate of drug-likeness (QED) is 0.705. The Morgan fingerprint density at radius 1 is 1.12 bits per heavy atom. The van der Waals surface area contributed by atoms with Gasteiger partial charge in [-0.15, -0.1) is 0 Å². The molecule has 1 amide bonds. The van der Waals surface area contributed by atoms with Crippen LogP contribution < -0.4 is 5.32 Å². The third-order valence-corrected chi connectivity index (χ3v) is 4.61. The van der Waals surface area contributed by atoms with Gasteiger partial charge in [0.1, 0.15) is 0 Å². The Morgan fingerprint density at radius 3 is 2.48 bits per heavy atom. The molecule has 0 radical (unpaired) electrons. The van der Waals surface area contributed by atoms with Gasteiger partial charge in [0.15, 0.2) is 0 Å². The highest BCUT2D eigenvalue weighted by Crippen LogP contribution is 2.13. The summed E-state index contributed by atoms with van der Waals surface area (Å²) in [5.74, 6) is -0.0728. The van der Waals surface area contributed by atoms with Crippen LogP contribution in [0.1, 0.15) is 18.9 Å². The molecule has 0 aliphatic rings. The number of rotatable bonds is 8. The van der Waals surface area contributed by atoms with Gasteiger partial charge in [-0.1, -0.05) is 37.3 Å². The van der Waals surface area contributed by atoms with Crippen LogP contribution in [0.15, 0.2) is 59.5 Å². The monoisotopic (exact) mass is 362 g/mol. The van der Waals surface area contributed by atoms with Gasteiger partial charge in [-0.25, -0.2) is 0 Å². The van der Waals surface area contributed by atoms with Crippen LogP contribution >= 0.6 is 0 Å². The van der Waals surface area contributed by atoms with E-state index in [0.717, 1.165) is 11.3 Å². The Kier molecular flexibility index (Phi) is 6.69. The SMILES string of the molecule is CCN(CCC(=O)Nc1ccccc1)Cc1cccc(S(=O)(=O)O)c1. The molecule has 0 atom stereocenters. The largest absolute Gasteiger partial charge is 0.326 e. The van der Waals surface area contributed by atoms with Gasteiger partial charge in [0, 0.05) is 25.2 Å². The molecule has 0 spiro atoms. The van der Waals surface area contributed by atoms with E-state index in [1.807, 2.05) is 42.2 Å². The number of nitrogens with one attached hydrogen (secondary N) is 1. The molecular formula is C18H22N2O4S. The molecule has 2 rings (SSSR count). The number of anilines is 1. The molecule has 0 aromatic heterocycles. The lowest BCUT2D eigenvalue weighted by Crippen LogP contribution is -2.27. The lowest BCUT2D eigenvalue weighted by molar-refractivity contribution is -0.116. The minimum absolute atomic E-state index is 0.0728. The van der Waals surface area contributed by atoms with Crippen LogP contribution in [0.3, 0.4) is 0 Å². The summed E-state index contributed by atoms with van der Waals surface area (Å²) < 4.78 is 31.6. The van der Waals surface area contributed by atoms with Crippen molar-refractivity contribution in [1.82, 2.24) is 4.90 Å². The van der Waals surface area contributed by atoms with E-state index >= 15 is 0 Å². The summed E-state index contributed by atoms with van der Waals surface area (Å²) in [4.78, 5) is 13.9. The topological polar surface area (TPSA) is 86.7 Å². The van der Waals surface area contributed by atoms with Crippen molar-refractivity contribution in [1.29, 1.82) is 0 Å². The number of benzene rings is 2. The lowest BCUT2D eigenvalue weighted by atomic mass is 10.2.